The van der Waals surface area contributed by atoms with Gasteiger partial charge in [-0.25, -0.2) is 0 Å². The summed E-state index contributed by atoms with van der Waals surface area (Å²) < 4.78 is 0. The van der Waals surface area contributed by atoms with E-state index in [0.29, 0.717) is 16.1 Å². The molecule has 0 saturated heterocycles. The van der Waals surface area contributed by atoms with E-state index in [1.165, 1.54) is 30.4 Å². The Bertz CT molecular complexity index is 635. The lowest BCUT2D eigenvalue weighted by atomic mass is 9.60. The standard InChI is InChI=1S/C19H21Cl2N/c1-14(22-13-15-6-3-2-4-7-15)19(10-5-11-19)16-8-9-17(20)18(21)12-16/h2-4,6-9,12,14,22H,5,10-11,13H2,1H3. The fourth-order valence-electron chi connectivity index (χ4n) is 3.40. The fraction of sp³-hybridized carbons (Fsp3) is 0.368. The molecule has 0 aliphatic heterocycles. The van der Waals surface area contributed by atoms with Gasteiger partial charge in [0.25, 0.3) is 0 Å². The highest BCUT2D eigenvalue weighted by Gasteiger charge is 2.43. The SMILES string of the molecule is CC(NCc1ccccc1)C1(c2ccc(Cl)c(Cl)c2)CCC1. The monoisotopic (exact) mass is 333 g/mol. The van der Waals surface area contributed by atoms with Crippen molar-refractivity contribution in [3.8, 4) is 0 Å². The van der Waals surface area contributed by atoms with E-state index >= 15 is 0 Å². The molecule has 0 amide bonds. The number of hydrogen-bond acceptors (Lipinski definition) is 1. The molecule has 1 aliphatic rings. The molecule has 22 heavy (non-hydrogen) atoms. The van der Waals surface area contributed by atoms with Gasteiger partial charge in [0, 0.05) is 18.0 Å². The van der Waals surface area contributed by atoms with Crippen LogP contribution in [0.25, 0.3) is 0 Å². The Balaban J connectivity index is 1.76. The average molecular weight is 334 g/mol. The molecule has 0 aromatic heterocycles. The molecule has 1 atom stereocenters. The molecular weight excluding hydrogens is 313 g/mol. The van der Waals surface area contributed by atoms with Gasteiger partial charge in [0.1, 0.15) is 0 Å². The Morgan fingerprint density at radius 2 is 1.77 bits per heavy atom. The van der Waals surface area contributed by atoms with Gasteiger partial charge < -0.3 is 5.32 Å². The van der Waals surface area contributed by atoms with Crippen LogP contribution in [-0.4, -0.2) is 6.04 Å². The molecule has 0 heterocycles. The zero-order valence-electron chi connectivity index (χ0n) is 12.8. The summed E-state index contributed by atoms with van der Waals surface area (Å²) in [6.45, 7) is 3.18. The Morgan fingerprint density at radius 1 is 1.05 bits per heavy atom. The summed E-state index contributed by atoms with van der Waals surface area (Å²) >= 11 is 12.3. The van der Waals surface area contributed by atoms with E-state index < -0.39 is 0 Å². The number of rotatable bonds is 5. The third-order valence-corrected chi connectivity index (χ3v) is 5.76. The van der Waals surface area contributed by atoms with Crippen LogP contribution in [0.15, 0.2) is 48.5 Å². The molecule has 2 aromatic rings. The lowest BCUT2D eigenvalue weighted by Crippen LogP contribution is -2.50. The number of hydrogen-bond donors (Lipinski definition) is 1. The van der Waals surface area contributed by atoms with Gasteiger partial charge in [0.15, 0.2) is 0 Å². The Labute approximate surface area is 142 Å². The molecule has 0 bridgehead atoms. The lowest BCUT2D eigenvalue weighted by Gasteiger charge is -2.47. The van der Waals surface area contributed by atoms with Crippen LogP contribution in [0.1, 0.15) is 37.3 Å². The second-order valence-corrected chi connectivity index (χ2v) is 7.04. The van der Waals surface area contributed by atoms with E-state index in [0.717, 1.165) is 6.54 Å². The minimum atomic E-state index is 0.184. The molecule has 2 aromatic carbocycles. The first-order valence-electron chi connectivity index (χ1n) is 7.85. The zero-order chi connectivity index (χ0) is 15.6. The topological polar surface area (TPSA) is 12.0 Å². The molecule has 1 N–H and O–H groups in total. The van der Waals surface area contributed by atoms with Crippen molar-refractivity contribution in [3.05, 3.63) is 69.7 Å². The van der Waals surface area contributed by atoms with Crippen molar-refractivity contribution >= 4 is 23.2 Å². The predicted octanol–water partition coefficient (Wildman–Crippen LogP) is 5.59. The second kappa shape index (κ2) is 6.62. The highest BCUT2D eigenvalue weighted by molar-refractivity contribution is 6.42. The molecule has 1 fully saturated rings. The molecule has 0 radical (unpaired) electrons. The first-order valence-corrected chi connectivity index (χ1v) is 8.60. The van der Waals surface area contributed by atoms with Gasteiger partial charge >= 0.3 is 0 Å². The van der Waals surface area contributed by atoms with Gasteiger partial charge in [-0.2, -0.15) is 0 Å². The summed E-state index contributed by atoms with van der Waals surface area (Å²) in [5.74, 6) is 0. The molecular formula is C19H21Cl2N. The number of benzene rings is 2. The quantitative estimate of drug-likeness (QED) is 0.751. The van der Waals surface area contributed by atoms with Crippen LogP contribution in [0, 0.1) is 0 Å². The van der Waals surface area contributed by atoms with Crippen molar-refractivity contribution in [2.75, 3.05) is 0 Å². The molecule has 1 unspecified atom stereocenters. The minimum Gasteiger partial charge on any atom is -0.309 e. The molecule has 0 spiro atoms. The predicted molar refractivity (Wildman–Crippen MR) is 94.7 cm³/mol. The van der Waals surface area contributed by atoms with Crippen LogP contribution in [0.3, 0.4) is 0 Å². The minimum absolute atomic E-state index is 0.184. The van der Waals surface area contributed by atoms with Crippen molar-refractivity contribution in [3.63, 3.8) is 0 Å². The first-order chi connectivity index (χ1) is 10.6. The maximum atomic E-state index is 6.23. The van der Waals surface area contributed by atoms with Gasteiger partial charge in [0.2, 0.25) is 0 Å². The van der Waals surface area contributed by atoms with Crippen LogP contribution in [0.5, 0.6) is 0 Å². The third kappa shape index (κ3) is 3.03. The Morgan fingerprint density at radius 3 is 2.36 bits per heavy atom. The summed E-state index contributed by atoms with van der Waals surface area (Å²) in [5.41, 5.74) is 2.81. The molecule has 3 rings (SSSR count). The summed E-state index contributed by atoms with van der Waals surface area (Å²) in [5, 5.41) is 4.98. The summed E-state index contributed by atoms with van der Waals surface area (Å²) in [6, 6.07) is 17.0. The molecule has 116 valence electrons. The lowest BCUT2D eigenvalue weighted by molar-refractivity contribution is 0.178. The highest BCUT2D eigenvalue weighted by Crippen LogP contribution is 2.47. The van der Waals surface area contributed by atoms with Crippen molar-refractivity contribution in [1.29, 1.82) is 0 Å². The Kier molecular flexibility index (Phi) is 4.77. The molecule has 1 aliphatic carbocycles. The number of nitrogens with one attached hydrogen (secondary N) is 1. The van der Waals surface area contributed by atoms with Crippen molar-refractivity contribution < 1.29 is 0 Å². The third-order valence-electron chi connectivity index (χ3n) is 5.02. The average Bonchev–Trinajstić information content (AvgIpc) is 2.49. The van der Waals surface area contributed by atoms with Crippen LogP contribution in [0.2, 0.25) is 10.0 Å². The van der Waals surface area contributed by atoms with Gasteiger partial charge in [0.05, 0.1) is 10.0 Å². The van der Waals surface area contributed by atoms with Crippen molar-refractivity contribution in [1.82, 2.24) is 5.32 Å². The molecule has 1 saturated carbocycles. The fourth-order valence-corrected chi connectivity index (χ4v) is 3.70. The van der Waals surface area contributed by atoms with Gasteiger partial charge in [-0.05, 0) is 43.0 Å². The smallest absolute Gasteiger partial charge is 0.0595 e. The highest BCUT2D eigenvalue weighted by atomic mass is 35.5. The molecule has 3 heteroatoms. The van der Waals surface area contributed by atoms with Crippen LogP contribution < -0.4 is 5.32 Å². The normalized spacial score (nSPS) is 17.8. The Hall–Kier alpha value is -1.02. The van der Waals surface area contributed by atoms with Crippen molar-refractivity contribution in [2.45, 2.75) is 44.2 Å². The summed E-state index contributed by atoms with van der Waals surface area (Å²) in [7, 11) is 0. The summed E-state index contributed by atoms with van der Waals surface area (Å²) in [4.78, 5) is 0. The van der Waals surface area contributed by atoms with E-state index in [4.69, 9.17) is 23.2 Å². The van der Waals surface area contributed by atoms with Crippen LogP contribution in [-0.2, 0) is 12.0 Å². The van der Waals surface area contributed by atoms with Crippen molar-refractivity contribution in [2.24, 2.45) is 0 Å². The maximum Gasteiger partial charge on any atom is 0.0595 e. The van der Waals surface area contributed by atoms with E-state index in [-0.39, 0.29) is 5.41 Å². The van der Waals surface area contributed by atoms with E-state index in [1.807, 2.05) is 12.1 Å². The molecule has 1 nitrogen and oxygen atoms in total. The maximum absolute atomic E-state index is 6.23. The van der Waals surface area contributed by atoms with Crippen LogP contribution >= 0.6 is 23.2 Å². The van der Waals surface area contributed by atoms with E-state index in [9.17, 15) is 0 Å². The number of halogens is 2. The first kappa shape index (κ1) is 15.9. The largest absolute Gasteiger partial charge is 0.309 e. The second-order valence-electron chi connectivity index (χ2n) is 6.23. The van der Waals surface area contributed by atoms with E-state index in [2.05, 4.69) is 48.6 Å². The van der Waals surface area contributed by atoms with Gasteiger partial charge in [-0.15, -0.1) is 0 Å². The van der Waals surface area contributed by atoms with Crippen LogP contribution in [0.4, 0.5) is 0 Å². The van der Waals surface area contributed by atoms with Gasteiger partial charge in [-0.3, -0.25) is 0 Å². The van der Waals surface area contributed by atoms with Gasteiger partial charge in [-0.1, -0.05) is 66.0 Å². The zero-order valence-corrected chi connectivity index (χ0v) is 14.3. The summed E-state index contributed by atoms with van der Waals surface area (Å²) in [6.07, 6.45) is 3.68. The van der Waals surface area contributed by atoms with E-state index in [1.54, 1.807) is 0 Å².